The number of hydrogen-bond donors (Lipinski definition) is 1. The van der Waals surface area contributed by atoms with E-state index in [0.29, 0.717) is 0 Å². The normalized spacial score (nSPS) is 6.91. The van der Waals surface area contributed by atoms with E-state index >= 15 is 0 Å². The number of rotatable bonds is 2. The summed E-state index contributed by atoms with van der Waals surface area (Å²) in [7, 11) is 1.27. The van der Waals surface area contributed by atoms with Crippen molar-refractivity contribution in [2.24, 2.45) is 0 Å². The van der Waals surface area contributed by atoms with Crippen LogP contribution in [0.1, 0.15) is 8.35 Å². The molecule has 0 aliphatic heterocycles. The molecule has 0 aliphatic rings. The molecule has 64 valence electrons. The standard InChI is InChI=1S/C5H9NO3.C2H2.H2/c1-4(7)6-3-5(8)9-2;1-2;/h3H2,1-2H3,(H,6,7);1-2H;1H. The molecule has 0 atom stereocenters. The molecule has 11 heavy (non-hydrogen) atoms. The minimum absolute atomic E-state index is 0. The Morgan fingerprint density at radius 3 is 2.27 bits per heavy atom. The first-order valence-corrected chi connectivity index (χ1v) is 2.81. The molecule has 0 saturated heterocycles. The lowest BCUT2D eigenvalue weighted by Gasteiger charge is -1.97. The highest BCUT2D eigenvalue weighted by Crippen LogP contribution is 1.68. The van der Waals surface area contributed by atoms with Gasteiger partial charge in [-0.15, -0.1) is 12.8 Å². The van der Waals surface area contributed by atoms with Crippen LogP contribution in [0.3, 0.4) is 0 Å². The number of esters is 1. The maximum absolute atomic E-state index is 10.3. The Hall–Kier alpha value is -1.50. The molecule has 0 saturated carbocycles. The zero-order valence-corrected chi connectivity index (χ0v) is 6.59. The molecule has 0 aliphatic carbocycles. The van der Waals surface area contributed by atoms with E-state index in [4.69, 9.17) is 0 Å². The summed E-state index contributed by atoms with van der Waals surface area (Å²) in [6.45, 7) is 1.29. The van der Waals surface area contributed by atoms with Crippen molar-refractivity contribution in [3.05, 3.63) is 0 Å². The van der Waals surface area contributed by atoms with E-state index in [1.807, 2.05) is 0 Å². The Bertz CT molecular complexity index is 156. The van der Waals surface area contributed by atoms with Gasteiger partial charge in [-0.25, -0.2) is 0 Å². The quantitative estimate of drug-likeness (QED) is 0.448. The Kier molecular flexibility index (Phi) is 9.43. The van der Waals surface area contributed by atoms with Gasteiger partial charge in [0.2, 0.25) is 5.91 Å². The number of nitrogens with one attached hydrogen (secondary N) is 1. The molecule has 0 rings (SSSR count). The summed E-state index contributed by atoms with van der Waals surface area (Å²) >= 11 is 0. The van der Waals surface area contributed by atoms with Crippen LogP contribution in [0.25, 0.3) is 0 Å². The van der Waals surface area contributed by atoms with Gasteiger partial charge in [0.05, 0.1) is 7.11 Å². The van der Waals surface area contributed by atoms with Crippen LogP contribution in [0.15, 0.2) is 0 Å². The third-order valence-electron chi connectivity index (χ3n) is 0.709. The van der Waals surface area contributed by atoms with Crippen LogP contribution in [-0.4, -0.2) is 25.5 Å². The van der Waals surface area contributed by atoms with Gasteiger partial charge in [0.15, 0.2) is 0 Å². The van der Waals surface area contributed by atoms with E-state index < -0.39 is 5.97 Å². The van der Waals surface area contributed by atoms with Crippen molar-refractivity contribution in [3.8, 4) is 12.8 Å². The first-order chi connectivity index (χ1) is 5.16. The summed E-state index contributed by atoms with van der Waals surface area (Å²) < 4.78 is 4.25. The lowest BCUT2D eigenvalue weighted by molar-refractivity contribution is -0.140. The highest BCUT2D eigenvalue weighted by molar-refractivity contribution is 5.80. The zero-order chi connectivity index (χ0) is 9.28. The number of hydrogen-bond acceptors (Lipinski definition) is 3. The van der Waals surface area contributed by atoms with Crippen molar-refractivity contribution >= 4 is 11.9 Å². The molecule has 0 heterocycles. The molecule has 0 aromatic heterocycles. The lowest BCUT2D eigenvalue weighted by atomic mass is 10.6. The average Bonchev–Trinajstić information content (AvgIpc) is 2.04. The molecule has 0 unspecified atom stereocenters. The van der Waals surface area contributed by atoms with Gasteiger partial charge >= 0.3 is 5.97 Å². The first-order valence-electron chi connectivity index (χ1n) is 2.81. The van der Waals surface area contributed by atoms with Crippen LogP contribution < -0.4 is 5.32 Å². The van der Waals surface area contributed by atoms with Crippen molar-refractivity contribution in [3.63, 3.8) is 0 Å². The van der Waals surface area contributed by atoms with Gasteiger partial charge in [0.1, 0.15) is 6.54 Å². The lowest BCUT2D eigenvalue weighted by Crippen LogP contribution is -2.27. The molecule has 4 nitrogen and oxygen atoms in total. The number of carbonyl (C=O) groups excluding carboxylic acids is 2. The minimum atomic E-state index is -0.440. The summed E-state index contributed by atoms with van der Waals surface area (Å²) in [4.78, 5) is 20.4. The summed E-state index contributed by atoms with van der Waals surface area (Å²) in [5.41, 5.74) is 0. The molecule has 0 aromatic carbocycles. The van der Waals surface area contributed by atoms with Crippen LogP contribution in [0.2, 0.25) is 0 Å². The number of methoxy groups -OCH3 is 1. The second-order valence-electron chi connectivity index (χ2n) is 1.49. The molecule has 4 heteroatoms. The van der Waals surface area contributed by atoms with E-state index in [0.717, 1.165) is 0 Å². The van der Waals surface area contributed by atoms with E-state index in [2.05, 4.69) is 22.9 Å². The van der Waals surface area contributed by atoms with Gasteiger partial charge in [-0.05, 0) is 0 Å². The zero-order valence-electron chi connectivity index (χ0n) is 6.59. The molecule has 1 N–H and O–H groups in total. The maximum atomic E-state index is 10.3. The third kappa shape index (κ3) is 11.9. The molecule has 0 radical (unpaired) electrons. The fourth-order valence-electron chi connectivity index (χ4n) is 0.269. The summed E-state index contributed by atoms with van der Waals surface area (Å²) in [5.74, 6) is -0.675. The predicted octanol–water partition coefficient (Wildman–Crippen LogP) is -0.209. The Labute approximate surface area is 67.4 Å². The topological polar surface area (TPSA) is 55.4 Å². The smallest absolute Gasteiger partial charge is 0.325 e. The van der Waals surface area contributed by atoms with Gasteiger partial charge in [-0.1, -0.05) is 0 Å². The number of carbonyl (C=O) groups is 2. The van der Waals surface area contributed by atoms with Crippen LogP contribution in [0.5, 0.6) is 0 Å². The van der Waals surface area contributed by atoms with Crippen molar-refractivity contribution in [1.82, 2.24) is 5.32 Å². The number of terminal acetylenes is 1. The summed E-state index contributed by atoms with van der Waals surface area (Å²) in [5, 5.41) is 2.28. The predicted molar refractivity (Wildman–Crippen MR) is 42.7 cm³/mol. The Morgan fingerprint density at radius 1 is 1.55 bits per heavy atom. The second kappa shape index (κ2) is 8.50. The maximum Gasteiger partial charge on any atom is 0.325 e. The van der Waals surface area contributed by atoms with Gasteiger partial charge in [-0.3, -0.25) is 9.59 Å². The summed E-state index contributed by atoms with van der Waals surface area (Å²) in [6, 6.07) is 0. The Morgan fingerprint density at radius 2 is 2.00 bits per heavy atom. The van der Waals surface area contributed by atoms with Gasteiger partial charge in [0.25, 0.3) is 0 Å². The monoisotopic (exact) mass is 159 g/mol. The van der Waals surface area contributed by atoms with Crippen molar-refractivity contribution in [2.45, 2.75) is 6.92 Å². The molecule has 1 amide bonds. The van der Waals surface area contributed by atoms with E-state index in [-0.39, 0.29) is 13.9 Å². The largest absolute Gasteiger partial charge is 0.468 e. The van der Waals surface area contributed by atoms with Crippen LogP contribution in [0.4, 0.5) is 0 Å². The number of ether oxygens (including phenoxy) is 1. The molecular weight excluding hydrogens is 146 g/mol. The molecule has 0 fully saturated rings. The fraction of sp³-hybridized carbons (Fsp3) is 0.429. The van der Waals surface area contributed by atoms with Crippen LogP contribution in [-0.2, 0) is 14.3 Å². The van der Waals surface area contributed by atoms with Gasteiger partial charge in [-0.2, -0.15) is 0 Å². The molecule has 0 aromatic rings. The van der Waals surface area contributed by atoms with Gasteiger partial charge in [0, 0.05) is 8.35 Å². The highest BCUT2D eigenvalue weighted by Gasteiger charge is 1.98. The van der Waals surface area contributed by atoms with Crippen LogP contribution in [0, 0.1) is 12.8 Å². The molecule has 0 bridgehead atoms. The molecule has 0 spiro atoms. The highest BCUT2D eigenvalue weighted by atomic mass is 16.5. The van der Waals surface area contributed by atoms with Crippen molar-refractivity contribution in [1.29, 1.82) is 0 Å². The fourth-order valence-corrected chi connectivity index (χ4v) is 0.269. The average molecular weight is 159 g/mol. The first kappa shape index (κ1) is 12.2. The third-order valence-corrected chi connectivity index (χ3v) is 0.709. The second-order valence-corrected chi connectivity index (χ2v) is 1.49. The van der Waals surface area contributed by atoms with E-state index in [1.54, 1.807) is 0 Å². The van der Waals surface area contributed by atoms with E-state index in [9.17, 15) is 9.59 Å². The Balaban J connectivity index is -0.000000249. The number of amides is 1. The minimum Gasteiger partial charge on any atom is -0.468 e. The summed E-state index contributed by atoms with van der Waals surface area (Å²) in [6.07, 6.45) is 8.00. The van der Waals surface area contributed by atoms with Gasteiger partial charge < -0.3 is 10.1 Å². The van der Waals surface area contributed by atoms with E-state index in [1.165, 1.54) is 14.0 Å². The SMILES string of the molecule is C#C.COC(=O)CNC(C)=O.[HH]. The van der Waals surface area contributed by atoms with Crippen molar-refractivity contribution in [2.75, 3.05) is 13.7 Å². The van der Waals surface area contributed by atoms with Crippen molar-refractivity contribution < 1.29 is 15.8 Å². The van der Waals surface area contributed by atoms with Crippen LogP contribution >= 0.6 is 0 Å². The molecular formula is C7H13NO3.